The van der Waals surface area contributed by atoms with Gasteiger partial charge in [-0.2, -0.15) is 26.3 Å². The third kappa shape index (κ3) is 4.89. The number of aryl methyl sites for hydroxylation is 1. The second-order valence-electron chi connectivity index (χ2n) is 8.17. The van der Waals surface area contributed by atoms with Crippen LogP contribution < -0.4 is 5.32 Å². The molecule has 0 radical (unpaired) electrons. The van der Waals surface area contributed by atoms with E-state index < -0.39 is 53.4 Å². The number of hydrogen-bond donors (Lipinski definition) is 1. The highest BCUT2D eigenvalue weighted by Gasteiger charge is 2.42. The zero-order chi connectivity index (χ0) is 25.5. The molecule has 5 nitrogen and oxygen atoms in total. The number of nitrogens with one attached hydrogen (secondary N) is 1. The smallest absolute Gasteiger partial charge is 0.353 e. The van der Waals surface area contributed by atoms with Crippen molar-refractivity contribution in [1.82, 2.24) is 14.8 Å². The van der Waals surface area contributed by atoms with Crippen LogP contribution >= 0.6 is 0 Å². The topological polar surface area (TPSA) is 54.3 Å². The lowest BCUT2D eigenvalue weighted by molar-refractivity contribution is -0.143. The lowest BCUT2D eigenvalue weighted by Gasteiger charge is -2.25. The molecule has 1 N–H and O–H groups in total. The Balaban J connectivity index is 1.69. The van der Waals surface area contributed by atoms with Gasteiger partial charge in [0.15, 0.2) is 0 Å². The number of carbonyl (C=O) groups is 2. The molecule has 3 aromatic rings. The van der Waals surface area contributed by atoms with Gasteiger partial charge in [0, 0.05) is 31.0 Å². The highest BCUT2D eigenvalue weighted by atomic mass is 19.4. The van der Waals surface area contributed by atoms with Crippen LogP contribution in [0, 0.1) is 0 Å². The number of hydrogen-bond acceptors (Lipinski definition) is 2. The molecule has 2 aromatic carbocycles. The highest BCUT2D eigenvalue weighted by Crippen LogP contribution is 2.39. The molecular weight excluding hydrogens is 476 g/mol. The first-order chi connectivity index (χ1) is 16.4. The molecule has 2 heterocycles. The summed E-state index contributed by atoms with van der Waals surface area (Å²) in [5.41, 5.74) is -2.13. The molecule has 4 rings (SSSR count). The van der Waals surface area contributed by atoms with Crippen molar-refractivity contribution < 1.29 is 35.9 Å². The molecule has 0 bridgehead atoms. The Morgan fingerprint density at radius 1 is 0.943 bits per heavy atom. The van der Waals surface area contributed by atoms with Gasteiger partial charge >= 0.3 is 12.4 Å². The van der Waals surface area contributed by atoms with E-state index >= 15 is 0 Å². The molecule has 0 spiro atoms. The second-order valence-corrected chi connectivity index (χ2v) is 8.17. The van der Waals surface area contributed by atoms with Crippen LogP contribution in [0.3, 0.4) is 0 Å². The zero-order valence-corrected chi connectivity index (χ0v) is 18.2. The van der Waals surface area contributed by atoms with Crippen LogP contribution in [-0.2, 0) is 37.3 Å². The van der Waals surface area contributed by atoms with Crippen molar-refractivity contribution in [3.8, 4) is 0 Å². The quantitative estimate of drug-likeness (QED) is 0.503. The molecule has 1 aliphatic heterocycles. The van der Waals surface area contributed by atoms with Crippen molar-refractivity contribution in [1.29, 1.82) is 0 Å². The van der Waals surface area contributed by atoms with Gasteiger partial charge < -0.3 is 14.8 Å². The Hall–Kier alpha value is -3.76. The largest absolute Gasteiger partial charge is 0.416 e. The van der Waals surface area contributed by atoms with Crippen LogP contribution in [0.4, 0.5) is 26.3 Å². The van der Waals surface area contributed by atoms with E-state index in [0.29, 0.717) is 17.7 Å². The van der Waals surface area contributed by atoms with Gasteiger partial charge in [0.05, 0.1) is 17.7 Å². The summed E-state index contributed by atoms with van der Waals surface area (Å²) in [6.45, 7) is -0.506. The molecule has 184 valence electrons. The average molecular weight is 495 g/mol. The maximum atomic E-state index is 13.3. The fourth-order valence-electron chi connectivity index (χ4n) is 4.08. The van der Waals surface area contributed by atoms with Gasteiger partial charge in [-0.1, -0.05) is 18.2 Å². The fourth-order valence-corrected chi connectivity index (χ4v) is 4.08. The van der Waals surface area contributed by atoms with Gasteiger partial charge in [-0.05, 0) is 47.5 Å². The summed E-state index contributed by atoms with van der Waals surface area (Å²) in [6.07, 6.45) is -8.28. The average Bonchev–Trinajstić information content (AvgIpc) is 3.31. The van der Waals surface area contributed by atoms with Crippen LogP contribution in [0.15, 0.2) is 60.8 Å². The van der Waals surface area contributed by atoms with Gasteiger partial charge in [0.2, 0.25) is 5.91 Å². The number of rotatable bonds is 5. The number of carbonyl (C=O) groups excluding carboxylic acids is 2. The number of fused-ring (bicyclic) bond motifs is 1. The summed E-state index contributed by atoms with van der Waals surface area (Å²) in [4.78, 5) is 27.2. The minimum atomic E-state index is -5.03. The summed E-state index contributed by atoms with van der Waals surface area (Å²) < 4.78 is 81.6. The first-order valence-corrected chi connectivity index (χ1v) is 10.4. The van der Waals surface area contributed by atoms with Crippen molar-refractivity contribution in [3.05, 3.63) is 94.3 Å². The molecule has 1 aromatic heterocycles. The van der Waals surface area contributed by atoms with Crippen LogP contribution in [0.25, 0.3) is 0 Å². The number of benzene rings is 2. The van der Waals surface area contributed by atoms with Crippen molar-refractivity contribution in [2.75, 3.05) is 0 Å². The molecular formula is C24H19F6N3O2. The van der Waals surface area contributed by atoms with E-state index in [-0.39, 0.29) is 18.2 Å². The standard InChI is InChI=1S/C24H19F6N3O2/c1-32-8-4-5-17(32)12-31-21(34)20-18-6-2-3-7-19(18)22(35)33(20)13-14-9-15(23(25,26)27)11-16(10-14)24(28,29)30/h2-11,20H,12-13H2,1H3,(H,31,34). The Morgan fingerprint density at radius 3 is 2.14 bits per heavy atom. The normalized spacial score (nSPS) is 15.9. The lowest BCUT2D eigenvalue weighted by Crippen LogP contribution is -2.38. The van der Waals surface area contributed by atoms with Crippen LogP contribution in [0.1, 0.15) is 44.3 Å². The Labute approximate surface area is 196 Å². The number of aromatic nitrogens is 1. The van der Waals surface area contributed by atoms with E-state index in [0.717, 1.165) is 10.6 Å². The van der Waals surface area contributed by atoms with Crippen LogP contribution in [0.2, 0.25) is 0 Å². The van der Waals surface area contributed by atoms with E-state index in [1.807, 2.05) is 0 Å². The fraction of sp³-hybridized carbons (Fsp3) is 0.250. The number of alkyl halides is 6. The summed E-state index contributed by atoms with van der Waals surface area (Å²) in [5, 5.41) is 2.70. The van der Waals surface area contributed by atoms with E-state index in [1.165, 1.54) is 12.1 Å². The van der Waals surface area contributed by atoms with Crippen molar-refractivity contribution in [3.63, 3.8) is 0 Å². The first-order valence-electron chi connectivity index (χ1n) is 10.4. The summed E-state index contributed by atoms with van der Waals surface area (Å²) in [7, 11) is 1.77. The molecule has 1 unspecified atom stereocenters. The number of nitrogens with zero attached hydrogens (tertiary/aromatic N) is 2. The monoisotopic (exact) mass is 495 g/mol. The summed E-state index contributed by atoms with van der Waals surface area (Å²) in [6, 6.07) is 9.62. The van der Waals surface area contributed by atoms with Gasteiger partial charge in [-0.15, -0.1) is 0 Å². The number of amides is 2. The SMILES string of the molecule is Cn1cccc1CNC(=O)C1c2ccccc2C(=O)N1Cc1cc(C(F)(F)F)cc(C(F)(F)F)c1. The Kier molecular flexibility index (Phi) is 6.12. The summed E-state index contributed by atoms with van der Waals surface area (Å²) in [5.74, 6) is -1.27. The maximum absolute atomic E-state index is 13.3. The molecule has 35 heavy (non-hydrogen) atoms. The minimum Gasteiger partial charge on any atom is -0.353 e. The molecule has 2 amide bonds. The van der Waals surface area contributed by atoms with E-state index in [1.54, 1.807) is 42.1 Å². The van der Waals surface area contributed by atoms with E-state index in [4.69, 9.17) is 0 Å². The molecule has 0 aliphatic carbocycles. The predicted molar refractivity (Wildman–Crippen MR) is 113 cm³/mol. The van der Waals surface area contributed by atoms with Crippen molar-refractivity contribution in [2.24, 2.45) is 7.05 Å². The van der Waals surface area contributed by atoms with Gasteiger partial charge in [0.25, 0.3) is 5.91 Å². The summed E-state index contributed by atoms with van der Waals surface area (Å²) >= 11 is 0. The first kappa shape index (κ1) is 24.4. The van der Waals surface area contributed by atoms with Crippen LogP contribution in [-0.4, -0.2) is 21.3 Å². The molecule has 1 aliphatic rings. The Bertz CT molecular complexity index is 1250. The molecule has 11 heteroatoms. The van der Waals surface area contributed by atoms with Gasteiger partial charge in [-0.3, -0.25) is 9.59 Å². The third-order valence-corrected chi connectivity index (χ3v) is 5.80. The zero-order valence-electron chi connectivity index (χ0n) is 18.2. The van der Waals surface area contributed by atoms with Gasteiger partial charge in [-0.25, -0.2) is 0 Å². The maximum Gasteiger partial charge on any atom is 0.416 e. The number of halogens is 6. The molecule has 1 atom stereocenters. The van der Waals surface area contributed by atoms with E-state index in [9.17, 15) is 35.9 Å². The lowest BCUT2D eigenvalue weighted by atomic mass is 10.0. The predicted octanol–water partition coefficient (Wildman–Crippen LogP) is 5.08. The minimum absolute atomic E-state index is 0.0219. The van der Waals surface area contributed by atoms with E-state index in [2.05, 4.69) is 5.32 Å². The van der Waals surface area contributed by atoms with Crippen molar-refractivity contribution in [2.45, 2.75) is 31.5 Å². The van der Waals surface area contributed by atoms with Gasteiger partial charge in [0.1, 0.15) is 6.04 Å². The highest BCUT2D eigenvalue weighted by molar-refractivity contribution is 6.04. The molecule has 0 saturated carbocycles. The molecule has 0 fully saturated rings. The Morgan fingerprint density at radius 2 is 1.57 bits per heavy atom. The second kappa shape index (κ2) is 8.79. The van der Waals surface area contributed by atoms with Crippen LogP contribution in [0.5, 0.6) is 0 Å². The third-order valence-electron chi connectivity index (χ3n) is 5.80. The molecule has 0 saturated heterocycles. The van der Waals surface area contributed by atoms with Crippen molar-refractivity contribution >= 4 is 11.8 Å².